The molecular weight excluding hydrogens is 354 g/mol. The van der Waals surface area contributed by atoms with E-state index in [1.165, 1.54) is 4.88 Å². The second-order valence-corrected chi connectivity index (χ2v) is 7.99. The largest absolute Gasteiger partial charge is 0.361 e. The summed E-state index contributed by atoms with van der Waals surface area (Å²) in [6, 6.07) is -0.103. The van der Waals surface area contributed by atoms with Crippen LogP contribution < -0.4 is 5.32 Å². The number of rotatable bonds is 4. The van der Waals surface area contributed by atoms with Gasteiger partial charge < -0.3 is 5.32 Å². The second kappa shape index (κ2) is 6.19. The minimum absolute atomic E-state index is 0.103. The quantitative estimate of drug-likeness (QED) is 0.751. The van der Waals surface area contributed by atoms with Gasteiger partial charge in [0.15, 0.2) is 0 Å². The molecule has 128 valence electrons. The molecule has 1 unspecified atom stereocenters. The molecule has 4 rings (SSSR count). The Morgan fingerprint density at radius 2 is 2.00 bits per heavy atom. The molecule has 2 aliphatic carbocycles. The lowest BCUT2D eigenvalue weighted by molar-refractivity contribution is 0.151. The Bertz CT molecular complexity index is 776. The van der Waals surface area contributed by atoms with Crippen LogP contribution in [0, 0.1) is 6.92 Å². The molecule has 1 N–H and O–H groups in total. The Labute approximate surface area is 147 Å². The van der Waals surface area contributed by atoms with Gasteiger partial charge in [0, 0.05) is 10.8 Å². The number of hydrogen-bond acceptors (Lipinski definition) is 5. The molecular formula is C16H17ClF2N4S. The van der Waals surface area contributed by atoms with Gasteiger partial charge in [-0.15, -0.1) is 11.3 Å². The van der Waals surface area contributed by atoms with E-state index < -0.39 is 6.43 Å². The van der Waals surface area contributed by atoms with Gasteiger partial charge in [-0.3, -0.25) is 0 Å². The van der Waals surface area contributed by atoms with Gasteiger partial charge in [-0.25, -0.2) is 23.7 Å². The molecule has 0 spiro atoms. The summed E-state index contributed by atoms with van der Waals surface area (Å²) in [5, 5.41) is 4.05. The van der Waals surface area contributed by atoms with Crippen molar-refractivity contribution in [2.75, 3.05) is 5.32 Å². The highest BCUT2D eigenvalue weighted by Crippen LogP contribution is 2.42. The van der Waals surface area contributed by atoms with Gasteiger partial charge in [0.05, 0.1) is 22.3 Å². The standard InChI is InChI=1S/C16H17ClF2N4S/c1-7-20-12-9(3-2-4-10(12)24-7)21-16-11(14(18)19)13(17)22-15(23-16)8-5-6-8/h8-9,14H,2-6H2,1H3,(H,21,22,23). The lowest BCUT2D eigenvalue weighted by atomic mass is 9.97. The second-order valence-electron chi connectivity index (χ2n) is 6.34. The third-order valence-electron chi connectivity index (χ3n) is 4.45. The van der Waals surface area contributed by atoms with Crippen molar-refractivity contribution in [3.8, 4) is 0 Å². The normalized spacial score (nSPS) is 20.3. The van der Waals surface area contributed by atoms with Crippen LogP contribution in [-0.4, -0.2) is 15.0 Å². The van der Waals surface area contributed by atoms with E-state index in [4.69, 9.17) is 11.6 Å². The summed E-state index contributed by atoms with van der Waals surface area (Å²) in [5.41, 5.74) is 0.659. The van der Waals surface area contributed by atoms with Crippen molar-refractivity contribution in [3.63, 3.8) is 0 Å². The molecule has 0 aromatic carbocycles. The smallest absolute Gasteiger partial charge is 0.270 e. The Kier molecular flexibility index (Phi) is 4.16. The number of thiazole rings is 1. The predicted molar refractivity (Wildman–Crippen MR) is 90.1 cm³/mol. The van der Waals surface area contributed by atoms with Crippen LogP contribution in [0.3, 0.4) is 0 Å². The number of fused-ring (bicyclic) bond motifs is 1. The van der Waals surface area contributed by atoms with E-state index in [1.807, 2.05) is 6.92 Å². The fourth-order valence-corrected chi connectivity index (χ4v) is 4.43. The number of nitrogens with one attached hydrogen (secondary N) is 1. The number of alkyl halides is 2. The summed E-state index contributed by atoms with van der Waals surface area (Å²) in [5.74, 6) is 0.978. The molecule has 1 fully saturated rings. The number of hydrogen-bond donors (Lipinski definition) is 1. The summed E-state index contributed by atoms with van der Waals surface area (Å²) in [6.07, 6.45) is 2.11. The van der Waals surface area contributed by atoms with Crippen LogP contribution in [0.4, 0.5) is 14.6 Å². The number of aryl methyl sites for hydroxylation is 2. The molecule has 0 radical (unpaired) electrons. The van der Waals surface area contributed by atoms with Crippen molar-refractivity contribution in [2.45, 2.75) is 57.4 Å². The fourth-order valence-electron chi connectivity index (χ4n) is 3.13. The van der Waals surface area contributed by atoms with Crippen LogP contribution in [0.15, 0.2) is 0 Å². The average Bonchev–Trinajstić information content (AvgIpc) is 3.28. The van der Waals surface area contributed by atoms with Crippen molar-refractivity contribution < 1.29 is 8.78 Å². The van der Waals surface area contributed by atoms with Gasteiger partial charge >= 0.3 is 0 Å². The molecule has 2 aromatic heterocycles. The molecule has 1 atom stereocenters. The zero-order valence-corrected chi connectivity index (χ0v) is 14.7. The molecule has 2 aromatic rings. The summed E-state index contributed by atoms with van der Waals surface area (Å²) < 4.78 is 26.9. The van der Waals surface area contributed by atoms with Crippen LogP contribution in [-0.2, 0) is 6.42 Å². The van der Waals surface area contributed by atoms with E-state index in [1.54, 1.807) is 11.3 Å². The van der Waals surface area contributed by atoms with Crippen molar-refractivity contribution in [3.05, 3.63) is 32.1 Å². The van der Waals surface area contributed by atoms with Gasteiger partial charge in [0.25, 0.3) is 6.43 Å². The van der Waals surface area contributed by atoms with Crippen molar-refractivity contribution in [1.82, 2.24) is 15.0 Å². The molecule has 0 saturated heterocycles. The number of nitrogens with zero attached hydrogens (tertiary/aromatic N) is 3. The highest BCUT2D eigenvalue weighted by atomic mass is 35.5. The average molecular weight is 371 g/mol. The van der Waals surface area contributed by atoms with Gasteiger partial charge in [-0.1, -0.05) is 11.6 Å². The van der Waals surface area contributed by atoms with Crippen LogP contribution in [0.25, 0.3) is 0 Å². The molecule has 0 aliphatic heterocycles. The van der Waals surface area contributed by atoms with Gasteiger partial charge in [0.1, 0.15) is 16.8 Å². The van der Waals surface area contributed by atoms with Gasteiger partial charge in [0.2, 0.25) is 0 Å². The topological polar surface area (TPSA) is 50.7 Å². The third-order valence-corrected chi connectivity index (χ3v) is 5.78. The summed E-state index contributed by atoms with van der Waals surface area (Å²) >= 11 is 7.72. The van der Waals surface area contributed by atoms with E-state index in [0.717, 1.165) is 42.8 Å². The van der Waals surface area contributed by atoms with E-state index >= 15 is 0 Å². The van der Waals surface area contributed by atoms with E-state index in [-0.39, 0.29) is 28.5 Å². The molecule has 4 nitrogen and oxygen atoms in total. The first-order valence-corrected chi connectivity index (χ1v) is 9.30. The maximum Gasteiger partial charge on any atom is 0.270 e. The molecule has 0 bridgehead atoms. The van der Waals surface area contributed by atoms with Crippen LogP contribution in [0.1, 0.15) is 71.0 Å². The fraction of sp³-hybridized carbons (Fsp3) is 0.562. The lowest BCUT2D eigenvalue weighted by Crippen LogP contribution is -2.19. The SMILES string of the molecule is Cc1nc2c(s1)CCCC2Nc1nc(C2CC2)nc(Cl)c1C(F)F. The van der Waals surface area contributed by atoms with E-state index in [9.17, 15) is 8.78 Å². The summed E-state index contributed by atoms with van der Waals surface area (Å²) in [4.78, 5) is 14.3. The maximum absolute atomic E-state index is 13.5. The zero-order chi connectivity index (χ0) is 16.8. The monoisotopic (exact) mass is 370 g/mol. The minimum atomic E-state index is -2.71. The van der Waals surface area contributed by atoms with Crippen LogP contribution in [0.5, 0.6) is 0 Å². The predicted octanol–water partition coefficient (Wildman–Crippen LogP) is 5.20. The van der Waals surface area contributed by atoms with E-state index in [2.05, 4.69) is 20.3 Å². The Morgan fingerprint density at radius 1 is 1.21 bits per heavy atom. The Morgan fingerprint density at radius 3 is 2.71 bits per heavy atom. The van der Waals surface area contributed by atoms with Gasteiger partial charge in [-0.2, -0.15) is 0 Å². The Balaban J connectivity index is 1.71. The molecule has 0 amide bonds. The first-order chi connectivity index (χ1) is 11.5. The van der Waals surface area contributed by atoms with Gasteiger partial charge in [-0.05, 0) is 39.0 Å². The first kappa shape index (κ1) is 16.1. The van der Waals surface area contributed by atoms with E-state index in [0.29, 0.717) is 5.82 Å². The lowest BCUT2D eigenvalue weighted by Gasteiger charge is -2.24. The first-order valence-electron chi connectivity index (χ1n) is 8.11. The van der Waals surface area contributed by atoms with Crippen molar-refractivity contribution in [2.24, 2.45) is 0 Å². The molecule has 2 aliphatic rings. The van der Waals surface area contributed by atoms with Crippen molar-refractivity contribution in [1.29, 1.82) is 0 Å². The zero-order valence-electron chi connectivity index (χ0n) is 13.2. The molecule has 1 saturated carbocycles. The summed E-state index contributed by atoms with van der Waals surface area (Å²) in [6.45, 7) is 1.97. The maximum atomic E-state index is 13.5. The molecule has 8 heteroatoms. The van der Waals surface area contributed by atoms with Crippen LogP contribution >= 0.6 is 22.9 Å². The Hall–Kier alpha value is -1.34. The van der Waals surface area contributed by atoms with Crippen LogP contribution in [0.2, 0.25) is 5.15 Å². The minimum Gasteiger partial charge on any atom is -0.361 e. The van der Waals surface area contributed by atoms with Crippen molar-refractivity contribution >= 4 is 28.8 Å². The molecule has 24 heavy (non-hydrogen) atoms. The third kappa shape index (κ3) is 2.99. The number of halogens is 3. The highest BCUT2D eigenvalue weighted by molar-refractivity contribution is 7.11. The number of anilines is 1. The molecule has 2 heterocycles. The number of aromatic nitrogens is 3. The highest BCUT2D eigenvalue weighted by Gasteiger charge is 2.32. The summed E-state index contributed by atoms with van der Waals surface area (Å²) in [7, 11) is 0.